The van der Waals surface area contributed by atoms with Crippen LogP contribution in [0, 0.1) is 5.92 Å². The Morgan fingerprint density at radius 3 is 2.84 bits per heavy atom. The smallest absolute Gasteiger partial charge is 0.119 e. The molecule has 0 spiro atoms. The van der Waals surface area contributed by atoms with E-state index in [-0.39, 0.29) is 5.41 Å². The second kappa shape index (κ2) is 5.70. The van der Waals surface area contributed by atoms with Crippen LogP contribution in [-0.4, -0.2) is 12.4 Å². The molecule has 0 bridgehead atoms. The quantitative estimate of drug-likeness (QED) is 0.567. The number of hydrogen-bond acceptors (Lipinski definition) is 1. The van der Waals surface area contributed by atoms with Gasteiger partial charge in [-0.2, -0.15) is 0 Å². The van der Waals surface area contributed by atoms with Gasteiger partial charge in [0.25, 0.3) is 0 Å². The van der Waals surface area contributed by atoms with Crippen molar-refractivity contribution >= 4 is 15.9 Å². The third kappa shape index (κ3) is 2.60. The summed E-state index contributed by atoms with van der Waals surface area (Å²) in [6, 6.07) is 6.54. The van der Waals surface area contributed by atoms with Crippen molar-refractivity contribution in [2.75, 3.05) is 12.4 Å². The molecule has 1 nitrogen and oxygen atoms in total. The maximum absolute atomic E-state index is 5.41. The van der Waals surface area contributed by atoms with Crippen molar-refractivity contribution < 1.29 is 4.74 Å². The first-order valence-corrected chi connectivity index (χ1v) is 8.04. The van der Waals surface area contributed by atoms with Crippen LogP contribution in [0.4, 0.5) is 0 Å². The largest absolute Gasteiger partial charge is 0.497 e. The molecule has 0 saturated carbocycles. The van der Waals surface area contributed by atoms with Crippen LogP contribution in [0.1, 0.15) is 37.8 Å². The molecule has 1 aliphatic rings. The molecule has 1 aromatic carbocycles. The zero-order valence-electron chi connectivity index (χ0n) is 12.1. The lowest BCUT2D eigenvalue weighted by atomic mass is 9.61. The number of alkyl halides is 1. The van der Waals surface area contributed by atoms with Crippen molar-refractivity contribution in [1.29, 1.82) is 0 Å². The molecule has 0 radical (unpaired) electrons. The number of halogens is 1. The van der Waals surface area contributed by atoms with E-state index in [0.29, 0.717) is 5.92 Å². The maximum Gasteiger partial charge on any atom is 0.119 e. The first kappa shape index (κ1) is 14.6. The number of rotatable bonds is 4. The predicted octanol–water partition coefficient (Wildman–Crippen LogP) is 4.88. The van der Waals surface area contributed by atoms with Gasteiger partial charge in [0.05, 0.1) is 7.11 Å². The van der Waals surface area contributed by atoms with Crippen LogP contribution in [0.15, 0.2) is 30.4 Å². The van der Waals surface area contributed by atoms with Crippen LogP contribution >= 0.6 is 15.9 Å². The van der Waals surface area contributed by atoms with E-state index in [2.05, 4.69) is 54.6 Å². The molecule has 0 unspecified atom stereocenters. The molecule has 104 valence electrons. The monoisotopic (exact) mass is 322 g/mol. The van der Waals surface area contributed by atoms with Crippen LogP contribution in [0.2, 0.25) is 0 Å². The highest BCUT2D eigenvalue weighted by atomic mass is 79.9. The summed E-state index contributed by atoms with van der Waals surface area (Å²) in [5.41, 5.74) is 4.39. The summed E-state index contributed by atoms with van der Waals surface area (Å²) in [5, 5.41) is 1.02. The van der Waals surface area contributed by atoms with Crippen LogP contribution in [0.5, 0.6) is 5.75 Å². The summed E-state index contributed by atoms with van der Waals surface area (Å²) < 4.78 is 5.41. The van der Waals surface area contributed by atoms with Gasteiger partial charge < -0.3 is 4.74 Å². The maximum atomic E-state index is 5.41. The Hall–Kier alpha value is -0.760. The Morgan fingerprint density at radius 1 is 1.53 bits per heavy atom. The molecular weight excluding hydrogens is 300 g/mol. The minimum atomic E-state index is 0.164. The molecule has 1 aromatic rings. The fraction of sp³-hybridized carbons (Fsp3) is 0.529. The molecule has 2 heteroatoms. The van der Waals surface area contributed by atoms with E-state index < -0.39 is 0 Å². The van der Waals surface area contributed by atoms with Gasteiger partial charge >= 0.3 is 0 Å². The molecular formula is C17H23BrO. The van der Waals surface area contributed by atoms with Gasteiger partial charge in [-0.15, -0.1) is 0 Å². The Labute approximate surface area is 125 Å². The molecule has 0 saturated heterocycles. The summed E-state index contributed by atoms with van der Waals surface area (Å²) in [6.07, 6.45) is 3.48. The second-order valence-corrected chi connectivity index (χ2v) is 6.61. The molecule has 0 amide bonds. The number of ether oxygens (including phenoxy) is 1. The topological polar surface area (TPSA) is 9.23 Å². The van der Waals surface area contributed by atoms with Gasteiger partial charge in [0, 0.05) is 10.7 Å². The molecule has 19 heavy (non-hydrogen) atoms. The highest BCUT2D eigenvalue weighted by Crippen LogP contribution is 2.47. The van der Waals surface area contributed by atoms with Crippen LogP contribution in [-0.2, 0) is 11.8 Å². The number of methoxy groups -OCH3 is 1. The first-order valence-electron chi connectivity index (χ1n) is 6.91. The average molecular weight is 323 g/mol. The third-order valence-electron chi connectivity index (χ3n) is 4.61. The van der Waals surface area contributed by atoms with Gasteiger partial charge in [0.1, 0.15) is 5.75 Å². The van der Waals surface area contributed by atoms with E-state index in [9.17, 15) is 0 Å². The average Bonchev–Trinajstić information content (AvgIpc) is 2.38. The lowest BCUT2D eigenvalue weighted by Crippen LogP contribution is -2.38. The Kier molecular flexibility index (Phi) is 4.39. The molecule has 2 rings (SSSR count). The van der Waals surface area contributed by atoms with Crippen molar-refractivity contribution in [3.8, 4) is 5.75 Å². The number of aryl methyl sites for hydroxylation is 1. The number of fused-ring (bicyclic) bond motifs is 1. The normalized spacial score (nSPS) is 25.8. The van der Waals surface area contributed by atoms with E-state index in [4.69, 9.17) is 4.74 Å². The molecule has 0 fully saturated rings. The predicted molar refractivity (Wildman–Crippen MR) is 85.4 cm³/mol. The van der Waals surface area contributed by atoms with Gasteiger partial charge in [-0.25, -0.2) is 0 Å². The molecule has 0 heterocycles. The standard InChI is InChI=1S/C17H23BrO/c1-12(2)15-8-6-13-5-7-14(19-4)11-16(13)17(15,3)9-10-18/h5,7,11,15H,1,6,8-10H2,2-4H3/t15-,17-/m0/s1. The SMILES string of the molecule is C=C(C)[C@@H]1CCc2ccc(OC)cc2[C@@]1(C)CCBr. The molecule has 1 aliphatic carbocycles. The van der Waals surface area contributed by atoms with Crippen molar-refractivity contribution in [2.24, 2.45) is 5.92 Å². The summed E-state index contributed by atoms with van der Waals surface area (Å²) in [6.45, 7) is 8.77. The first-order chi connectivity index (χ1) is 9.02. The minimum Gasteiger partial charge on any atom is -0.497 e. The lowest BCUT2D eigenvalue weighted by Gasteiger charge is -2.44. The molecule has 0 N–H and O–H groups in total. The highest BCUT2D eigenvalue weighted by Gasteiger charge is 2.40. The number of benzene rings is 1. The number of hydrogen-bond donors (Lipinski definition) is 0. The summed E-state index contributed by atoms with van der Waals surface area (Å²) >= 11 is 3.62. The van der Waals surface area contributed by atoms with Crippen LogP contribution in [0.3, 0.4) is 0 Å². The van der Waals surface area contributed by atoms with Gasteiger partial charge in [-0.3, -0.25) is 0 Å². The molecule has 0 aromatic heterocycles. The third-order valence-corrected chi connectivity index (χ3v) is 5.01. The Bertz CT molecular complexity index is 480. The summed E-state index contributed by atoms with van der Waals surface area (Å²) in [7, 11) is 1.74. The van der Waals surface area contributed by atoms with Crippen molar-refractivity contribution in [2.45, 2.75) is 38.5 Å². The fourth-order valence-corrected chi connectivity index (χ4v) is 4.36. The van der Waals surface area contributed by atoms with E-state index >= 15 is 0 Å². The summed E-state index contributed by atoms with van der Waals surface area (Å²) in [5.74, 6) is 1.52. The van der Waals surface area contributed by atoms with Crippen molar-refractivity contribution in [3.63, 3.8) is 0 Å². The molecule has 2 atom stereocenters. The fourth-order valence-electron chi connectivity index (χ4n) is 3.53. The zero-order valence-corrected chi connectivity index (χ0v) is 13.7. The van der Waals surface area contributed by atoms with Gasteiger partial charge in [0.2, 0.25) is 0 Å². The van der Waals surface area contributed by atoms with E-state index in [1.807, 2.05) is 0 Å². The van der Waals surface area contributed by atoms with E-state index in [1.54, 1.807) is 7.11 Å². The Morgan fingerprint density at radius 2 is 2.26 bits per heavy atom. The second-order valence-electron chi connectivity index (χ2n) is 5.82. The van der Waals surface area contributed by atoms with E-state index in [1.165, 1.54) is 23.1 Å². The van der Waals surface area contributed by atoms with Gasteiger partial charge in [-0.1, -0.05) is 41.1 Å². The molecule has 0 aliphatic heterocycles. The van der Waals surface area contributed by atoms with Crippen molar-refractivity contribution in [3.05, 3.63) is 41.5 Å². The lowest BCUT2D eigenvalue weighted by molar-refractivity contribution is 0.285. The van der Waals surface area contributed by atoms with E-state index in [0.717, 1.165) is 23.9 Å². The Balaban J connectivity index is 2.53. The number of allylic oxidation sites excluding steroid dienone is 1. The van der Waals surface area contributed by atoms with Crippen molar-refractivity contribution in [1.82, 2.24) is 0 Å². The minimum absolute atomic E-state index is 0.164. The summed E-state index contributed by atoms with van der Waals surface area (Å²) in [4.78, 5) is 0. The van der Waals surface area contributed by atoms with Gasteiger partial charge in [-0.05, 0) is 55.4 Å². The highest BCUT2D eigenvalue weighted by molar-refractivity contribution is 9.09. The van der Waals surface area contributed by atoms with Crippen LogP contribution in [0.25, 0.3) is 0 Å². The van der Waals surface area contributed by atoms with Gasteiger partial charge in [0.15, 0.2) is 0 Å². The van der Waals surface area contributed by atoms with Crippen LogP contribution < -0.4 is 4.74 Å². The zero-order chi connectivity index (χ0) is 14.0.